The molecule has 4 nitrogen and oxygen atoms in total. The monoisotopic (exact) mass is 276 g/mol. The summed E-state index contributed by atoms with van der Waals surface area (Å²) in [5.41, 5.74) is 0.797. The van der Waals surface area contributed by atoms with Gasteiger partial charge < -0.3 is 15.4 Å². The Morgan fingerprint density at radius 3 is 2.55 bits per heavy atom. The van der Waals surface area contributed by atoms with Gasteiger partial charge in [0.15, 0.2) is 0 Å². The fraction of sp³-hybridized carbons (Fsp3) is 0.562. The lowest BCUT2D eigenvalue weighted by Crippen LogP contribution is -2.38. The summed E-state index contributed by atoms with van der Waals surface area (Å²) in [5.74, 6) is 1.51. The van der Waals surface area contributed by atoms with E-state index in [-0.39, 0.29) is 5.91 Å². The molecular weight excluding hydrogens is 252 g/mol. The summed E-state index contributed by atoms with van der Waals surface area (Å²) in [4.78, 5) is 11.9. The van der Waals surface area contributed by atoms with Gasteiger partial charge in [-0.2, -0.15) is 0 Å². The molecule has 0 aliphatic heterocycles. The Morgan fingerprint density at radius 2 is 1.95 bits per heavy atom. The first-order valence-electron chi connectivity index (χ1n) is 7.36. The Bertz CT molecular complexity index is 425. The number of benzene rings is 1. The molecule has 20 heavy (non-hydrogen) atoms. The minimum atomic E-state index is 0.0000128. The van der Waals surface area contributed by atoms with E-state index in [0.29, 0.717) is 12.6 Å². The van der Waals surface area contributed by atoms with E-state index in [0.717, 1.165) is 17.4 Å². The second-order valence-corrected chi connectivity index (χ2v) is 5.49. The van der Waals surface area contributed by atoms with Crippen molar-refractivity contribution in [2.75, 3.05) is 19.0 Å². The van der Waals surface area contributed by atoms with E-state index in [1.165, 1.54) is 25.7 Å². The van der Waals surface area contributed by atoms with E-state index in [2.05, 4.69) is 17.6 Å². The second kappa shape index (κ2) is 7.29. The first kappa shape index (κ1) is 14.9. The van der Waals surface area contributed by atoms with Crippen molar-refractivity contribution in [1.82, 2.24) is 5.32 Å². The van der Waals surface area contributed by atoms with Gasteiger partial charge in [0.05, 0.1) is 13.7 Å². The summed E-state index contributed by atoms with van der Waals surface area (Å²) in [5, 5.41) is 6.21. The van der Waals surface area contributed by atoms with Crippen molar-refractivity contribution >= 4 is 11.6 Å². The third kappa shape index (κ3) is 4.23. The van der Waals surface area contributed by atoms with Crippen LogP contribution < -0.4 is 15.4 Å². The molecule has 110 valence electrons. The SMILES string of the molecule is COc1ccc(NC(=O)CNC(C)C2CCCC2)cc1. The Hall–Kier alpha value is -1.55. The lowest BCUT2D eigenvalue weighted by Gasteiger charge is -2.20. The summed E-state index contributed by atoms with van der Waals surface area (Å²) in [6, 6.07) is 7.78. The van der Waals surface area contributed by atoms with Gasteiger partial charge in [0.2, 0.25) is 5.91 Å². The molecule has 2 N–H and O–H groups in total. The summed E-state index contributed by atoms with van der Waals surface area (Å²) >= 11 is 0. The molecule has 1 atom stereocenters. The average Bonchev–Trinajstić information content (AvgIpc) is 3.00. The number of rotatable bonds is 6. The third-order valence-electron chi connectivity index (χ3n) is 4.07. The van der Waals surface area contributed by atoms with Crippen LogP contribution in [0.25, 0.3) is 0 Å². The van der Waals surface area contributed by atoms with Crippen molar-refractivity contribution in [1.29, 1.82) is 0 Å². The third-order valence-corrected chi connectivity index (χ3v) is 4.07. The molecule has 0 bridgehead atoms. The standard InChI is InChI=1S/C16H24N2O2/c1-12(13-5-3-4-6-13)17-11-16(19)18-14-7-9-15(20-2)10-8-14/h7-10,12-13,17H,3-6,11H2,1-2H3,(H,18,19). The summed E-state index contributed by atoms with van der Waals surface area (Å²) in [6.07, 6.45) is 5.23. The molecular formula is C16H24N2O2. The quantitative estimate of drug-likeness (QED) is 0.840. The van der Waals surface area contributed by atoms with Gasteiger partial charge in [-0.1, -0.05) is 12.8 Å². The normalized spacial score (nSPS) is 16.9. The lowest BCUT2D eigenvalue weighted by molar-refractivity contribution is -0.115. The molecule has 4 heteroatoms. The van der Waals surface area contributed by atoms with Crippen molar-refractivity contribution in [2.45, 2.75) is 38.6 Å². The lowest BCUT2D eigenvalue weighted by atomic mass is 10.00. The van der Waals surface area contributed by atoms with E-state index >= 15 is 0 Å². The molecule has 1 aliphatic rings. The van der Waals surface area contributed by atoms with Gasteiger partial charge in [-0.25, -0.2) is 0 Å². The minimum absolute atomic E-state index is 0.0000128. The van der Waals surface area contributed by atoms with E-state index in [9.17, 15) is 4.79 Å². The zero-order valence-corrected chi connectivity index (χ0v) is 12.3. The number of carbonyl (C=O) groups excluding carboxylic acids is 1. The van der Waals surface area contributed by atoms with E-state index in [1.54, 1.807) is 7.11 Å². The highest BCUT2D eigenvalue weighted by atomic mass is 16.5. The molecule has 0 heterocycles. The smallest absolute Gasteiger partial charge is 0.238 e. The highest BCUT2D eigenvalue weighted by molar-refractivity contribution is 5.92. The van der Waals surface area contributed by atoms with Crippen molar-refractivity contribution in [3.63, 3.8) is 0 Å². The molecule has 0 radical (unpaired) electrons. The minimum Gasteiger partial charge on any atom is -0.497 e. The van der Waals surface area contributed by atoms with Crippen LogP contribution in [0, 0.1) is 5.92 Å². The van der Waals surface area contributed by atoms with Crippen LogP contribution in [-0.2, 0) is 4.79 Å². The number of nitrogens with one attached hydrogen (secondary N) is 2. The number of carbonyl (C=O) groups is 1. The van der Waals surface area contributed by atoms with Crippen LogP contribution in [0.15, 0.2) is 24.3 Å². The van der Waals surface area contributed by atoms with Crippen molar-refractivity contribution < 1.29 is 9.53 Å². The molecule has 1 aromatic carbocycles. The van der Waals surface area contributed by atoms with Crippen LogP contribution in [0.5, 0.6) is 5.75 Å². The molecule has 0 aromatic heterocycles. The summed E-state index contributed by atoms with van der Waals surface area (Å²) in [6.45, 7) is 2.54. The van der Waals surface area contributed by atoms with Gasteiger partial charge in [-0.3, -0.25) is 4.79 Å². The second-order valence-electron chi connectivity index (χ2n) is 5.49. The Labute approximate surface area is 120 Å². The Kier molecular flexibility index (Phi) is 5.41. The first-order chi connectivity index (χ1) is 9.69. The van der Waals surface area contributed by atoms with E-state index in [4.69, 9.17) is 4.74 Å². The molecule has 2 rings (SSSR count). The summed E-state index contributed by atoms with van der Waals surface area (Å²) in [7, 11) is 1.63. The van der Waals surface area contributed by atoms with Gasteiger partial charge >= 0.3 is 0 Å². The molecule has 1 aromatic rings. The van der Waals surface area contributed by atoms with Crippen LogP contribution in [0.2, 0.25) is 0 Å². The van der Waals surface area contributed by atoms with Crippen LogP contribution in [0.3, 0.4) is 0 Å². The van der Waals surface area contributed by atoms with Crippen LogP contribution >= 0.6 is 0 Å². The van der Waals surface area contributed by atoms with Gasteiger partial charge in [-0.05, 0) is 49.9 Å². The van der Waals surface area contributed by atoms with Gasteiger partial charge in [0.1, 0.15) is 5.75 Å². The van der Waals surface area contributed by atoms with Crippen LogP contribution in [-0.4, -0.2) is 25.6 Å². The maximum atomic E-state index is 11.9. The zero-order valence-electron chi connectivity index (χ0n) is 12.3. The Morgan fingerprint density at radius 1 is 1.30 bits per heavy atom. The predicted octanol–water partition coefficient (Wildman–Crippen LogP) is 2.80. The fourth-order valence-corrected chi connectivity index (χ4v) is 2.76. The maximum Gasteiger partial charge on any atom is 0.238 e. The van der Waals surface area contributed by atoms with E-state index < -0.39 is 0 Å². The molecule has 1 aliphatic carbocycles. The summed E-state index contributed by atoms with van der Waals surface area (Å²) < 4.78 is 5.09. The topological polar surface area (TPSA) is 50.4 Å². The van der Waals surface area contributed by atoms with Crippen LogP contribution in [0.4, 0.5) is 5.69 Å². The zero-order chi connectivity index (χ0) is 14.4. The van der Waals surface area contributed by atoms with Crippen molar-refractivity contribution in [3.8, 4) is 5.75 Å². The highest BCUT2D eigenvalue weighted by Gasteiger charge is 2.21. The van der Waals surface area contributed by atoms with Gasteiger partial charge in [-0.15, -0.1) is 0 Å². The fourth-order valence-electron chi connectivity index (χ4n) is 2.76. The number of methoxy groups -OCH3 is 1. The largest absolute Gasteiger partial charge is 0.497 e. The first-order valence-corrected chi connectivity index (χ1v) is 7.36. The van der Waals surface area contributed by atoms with Crippen molar-refractivity contribution in [3.05, 3.63) is 24.3 Å². The molecule has 0 saturated heterocycles. The molecule has 1 amide bonds. The molecule has 1 saturated carbocycles. The van der Waals surface area contributed by atoms with Gasteiger partial charge in [0, 0.05) is 11.7 Å². The number of amides is 1. The highest BCUT2D eigenvalue weighted by Crippen LogP contribution is 2.27. The predicted molar refractivity (Wildman–Crippen MR) is 81.0 cm³/mol. The number of anilines is 1. The Balaban J connectivity index is 1.74. The molecule has 0 spiro atoms. The van der Waals surface area contributed by atoms with Crippen molar-refractivity contribution in [2.24, 2.45) is 5.92 Å². The maximum absolute atomic E-state index is 11.9. The van der Waals surface area contributed by atoms with Crippen LogP contribution in [0.1, 0.15) is 32.6 Å². The van der Waals surface area contributed by atoms with Gasteiger partial charge in [0.25, 0.3) is 0 Å². The number of ether oxygens (including phenoxy) is 1. The average molecular weight is 276 g/mol. The molecule has 1 fully saturated rings. The number of hydrogen-bond donors (Lipinski definition) is 2. The van der Waals surface area contributed by atoms with E-state index in [1.807, 2.05) is 24.3 Å². The molecule has 1 unspecified atom stereocenters. The number of hydrogen-bond acceptors (Lipinski definition) is 3.